The van der Waals surface area contributed by atoms with Crippen LogP contribution in [0.15, 0.2) is 42.6 Å². The van der Waals surface area contributed by atoms with Crippen molar-refractivity contribution in [1.82, 2.24) is 10.1 Å². The molecular weight excluding hydrogens is 234 g/mol. The Hall–Kier alpha value is -2.42. The number of rotatable bonds is 0. The second-order valence-electron chi connectivity index (χ2n) is 5.02. The Kier molecular flexibility index (Phi) is 1.96. The van der Waals surface area contributed by atoms with Crippen molar-refractivity contribution in [2.24, 2.45) is 0 Å². The van der Waals surface area contributed by atoms with Gasteiger partial charge in [0.2, 0.25) is 11.7 Å². The SMILES string of the molecule is Cc1cc2c3c(cc[n+]2[nH]c1C)nc1ccccc13. The highest BCUT2D eigenvalue weighted by Gasteiger charge is 2.15. The summed E-state index contributed by atoms with van der Waals surface area (Å²) in [5.74, 6) is 0. The average molecular weight is 248 g/mol. The zero-order valence-corrected chi connectivity index (χ0v) is 10.9. The molecule has 0 aliphatic rings. The first-order valence-electron chi connectivity index (χ1n) is 6.43. The minimum atomic E-state index is 1.05. The second-order valence-corrected chi connectivity index (χ2v) is 5.02. The van der Waals surface area contributed by atoms with Crippen LogP contribution in [0.5, 0.6) is 0 Å². The molecule has 19 heavy (non-hydrogen) atoms. The van der Waals surface area contributed by atoms with E-state index in [1.54, 1.807) is 0 Å². The van der Waals surface area contributed by atoms with E-state index in [9.17, 15) is 0 Å². The lowest BCUT2D eigenvalue weighted by Crippen LogP contribution is -2.27. The highest BCUT2D eigenvalue weighted by Crippen LogP contribution is 2.27. The summed E-state index contributed by atoms with van der Waals surface area (Å²) in [4.78, 5) is 4.69. The summed E-state index contributed by atoms with van der Waals surface area (Å²) in [5.41, 5.74) is 5.73. The Bertz CT molecular complexity index is 935. The smallest absolute Gasteiger partial charge is 0.245 e. The molecule has 1 N–H and O–H groups in total. The number of aromatic nitrogens is 3. The van der Waals surface area contributed by atoms with E-state index >= 15 is 0 Å². The summed E-state index contributed by atoms with van der Waals surface area (Å²) in [6.07, 6.45) is 2.04. The molecule has 3 nitrogen and oxygen atoms in total. The Morgan fingerprint density at radius 3 is 2.79 bits per heavy atom. The maximum absolute atomic E-state index is 4.69. The molecule has 3 heteroatoms. The van der Waals surface area contributed by atoms with Gasteiger partial charge in [0.1, 0.15) is 0 Å². The molecule has 92 valence electrons. The lowest BCUT2D eigenvalue weighted by atomic mass is 10.1. The zero-order valence-electron chi connectivity index (χ0n) is 10.9. The van der Waals surface area contributed by atoms with Gasteiger partial charge in [-0.1, -0.05) is 22.7 Å². The molecule has 0 radical (unpaired) electrons. The van der Waals surface area contributed by atoms with Crippen molar-refractivity contribution in [3.63, 3.8) is 0 Å². The van der Waals surface area contributed by atoms with Gasteiger partial charge in [-0.2, -0.15) is 5.10 Å². The minimum absolute atomic E-state index is 1.05. The summed E-state index contributed by atoms with van der Waals surface area (Å²) < 4.78 is 2.07. The van der Waals surface area contributed by atoms with Gasteiger partial charge < -0.3 is 0 Å². The Morgan fingerprint density at radius 2 is 1.89 bits per heavy atom. The largest absolute Gasteiger partial charge is 0.247 e. The number of aryl methyl sites for hydroxylation is 2. The van der Waals surface area contributed by atoms with Crippen molar-refractivity contribution in [1.29, 1.82) is 0 Å². The first kappa shape index (κ1) is 10.5. The van der Waals surface area contributed by atoms with E-state index < -0.39 is 0 Å². The van der Waals surface area contributed by atoms with E-state index in [0.29, 0.717) is 0 Å². The summed E-state index contributed by atoms with van der Waals surface area (Å²) in [6.45, 7) is 4.22. The van der Waals surface area contributed by atoms with Crippen molar-refractivity contribution in [3.05, 3.63) is 53.9 Å². The van der Waals surface area contributed by atoms with E-state index in [1.807, 2.05) is 12.3 Å². The highest BCUT2D eigenvalue weighted by atomic mass is 15.2. The molecule has 0 saturated carbocycles. The van der Waals surface area contributed by atoms with E-state index in [-0.39, 0.29) is 0 Å². The molecule has 0 bridgehead atoms. The first-order chi connectivity index (χ1) is 9.24. The fourth-order valence-corrected chi connectivity index (χ4v) is 2.66. The standard InChI is InChI=1S/C16H13N3/c1-10-9-15-16-12-5-3-4-6-13(12)17-14(16)7-8-19(15)18-11(10)2/h3-9H,1-2H3/p+1. The van der Waals surface area contributed by atoms with Gasteiger partial charge in [0.15, 0.2) is 0 Å². The number of aromatic amines is 1. The van der Waals surface area contributed by atoms with Crippen molar-refractivity contribution >= 4 is 27.3 Å². The number of hydrogen-bond donors (Lipinski definition) is 1. The number of H-pyrrole nitrogens is 1. The molecule has 0 spiro atoms. The highest BCUT2D eigenvalue weighted by molar-refractivity contribution is 6.13. The lowest BCUT2D eigenvalue weighted by Gasteiger charge is -1.99. The molecule has 1 aromatic carbocycles. The maximum atomic E-state index is 4.69. The number of hydrogen-bond acceptors (Lipinski definition) is 1. The minimum Gasteiger partial charge on any atom is -0.247 e. The van der Waals surface area contributed by atoms with Crippen molar-refractivity contribution in [2.45, 2.75) is 13.8 Å². The molecule has 4 rings (SSSR count). The molecule has 0 saturated heterocycles. The molecule has 4 aromatic rings. The van der Waals surface area contributed by atoms with Crippen LogP contribution in [0.2, 0.25) is 0 Å². The van der Waals surface area contributed by atoms with E-state index in [0.717, 1.165) is 11.0 Å². The quantitative estimate of drug-likeness (QED) is 0.477. The zero-order chi connectivity index (χ0) is 13.0. The van der Waals surface area contributed by atoms with Crippen LogP contribution < -0.4 is 4.52 Å². The monoisotopic (exact) mass is 248 g/mol. The third-order valence-corrected chi connectivity index (χ3v) is 3.80. The van der Waals surface area contributed by atoms with Crippen LogP contribution in [-0.2, 0) is 0 Å². The normalized spacial score (nSPS) is 11.7. The van der Waals surface area contributed by atoms with Crippen molar-refractivity contribution in [2.75, 3.05) is 0 Å². The Labute approximate surface area is 110 Å². The van der Waals surface area contributed by atoms with Crippen molar-refractivity contribution in [3.8, 4) is 0 Å². The van der Waals surface area contributed by atoms with Gasteiger partial charge in [-0.3, -0.25) is 0 Å². The summed E-state index contributed by atoms with van der Waals surface area (Å²) in [5, 5.41) is 5.83. The average Bonchev–Trinajstić information content (AvgIpc) is 2.79. The van der Waals surface area contributed by atoms with Crippen LogP contribution in [0.25, 0.3) is 27.3 Å². The first-order valence-corrected chi connectivity index (χ1v) is 6.43. The number of pyridine rings is 1. The van der Waals surface area contributed by atoms with E-state index in [4.69, 9.17) is 4.98 Å². The molecule has 3 aromatic heterocycles. The second kappa shape index (κ2) is 3.54. The number of para-hydroxylation sites is 1. The van der Waals surface area contributed by atoms with Crippen LogP contribution >= 0.6 is 0 Å². The summed E-state index contributed by atoms with van der Waals surface area (Å²) in [7, 11) is 0. The van der Waals surface area contributed by atoms with Gasteiger partial charge in [0.05, 0.1) is 22.1 Å². The Balaban J connectivity index is 2.32. The third-order valence-electron chi connectivity index (χ3n) is 3.80. The maximum Gasteiger partial charge on any atom is 0.245 e. The van der Waals surface area contributed by atoms with E-state index in [2.05, 4.69) is 53.8 Å². The fraction of sp³-hybridized carbons (Fsp3) is 0.125. The predicted molar refractivity (Wildman–Crippen MR) is 76.2 cm³/mol. The molecule has 0 aliphatic heterocycles. The molecule has 0 aliphatic carbocycles. The van der Waals surface area contributed by atoms with Gasteiger partial charge in [-0.15, -0.1) is 0 Å². The van der Waals surface area contributed by atoms with Gasteiger partial charge in [0, 0.05) is 17.5 Å². The van der Waals surface area contributed by atoms with Gasteiger partial charge in [-0.25, -0.2) is 4.98 Å². The number of fused-ring (bicyclic) bond motifs is 5. The Morgan fingerprint density at radius 1 is 1.05 bits per heavy atom. The van der Waals surface area contributed by atoms with E-state index in [1.165, 1.54) is 27.5 Å². The van der Waals surface area contributed by atoms with Gasteiger partial charge in [-0.05, 0) is 25.5 Å². The molecule has 0 atom stereocenters. The summed E-state index contributed by atoms with van der Waals surface area (Å²) in [6, 6.07) is 12.6. The van der Waals surface area contributed by atoms with Crippen LogP contribution in [0, 0.1) is 13.8 Å². The predicted octanol–water partition coefficient (Wildman–Crippen LogP) is 3.07. The van der Waals surface area contributed by atoms with Crippen LogP contribution in [0.1, 0.15) is 11.3 Å². The molecule has 0 unspecified atom stereocenters. The molecule has 3 heterocycles. The molecule has 0 fully saturated rings. The van der Waals surface area contributed by atoms with Gasteiger partial charge >= 0.3 is 0 Å². The molecule has 0 amide bonds. The van der Waals surface area contributed by atoms with Crippen molar-refractivity contribution < 1.29 is 4.52 Å². The van der Waals surface area contributed by atoms with Gasteiger partial charge in [0.25, 0.3) is 0 Å². The van der Waals surface area contributed by atoms with Crippen LogP contribution in [0.4, 0.5) is 0 Å². The van der Waals surface area contributed by atoms with Crippen LogP contribution in [0.3, 0.4) is 0 Å². The topological polar surface area (TPSA) is 32.8 Å². The number of benzene rings is 1. The number of nitrogens with zero attached hydrogens (tertiary/aromatic N) is 2. The number of nitrogens with one attached hydrogen (secondary N) is 1. The third kappa shape index (κ3) is 1.38. The van der Waals surface area contributed by atoms with Crippen LogP contribution in [-0.4, -0.2) is 10.1 Å². The molecular formula is C16H14N3+. The lowest BCUT2D eigenvalue weighted by molar-refractivity contribution is -0.580. The summed E-state index contributed by atoms with van der Waals surface area (Å²) >= 11 is 0. The fourth-order valence-electron chi connectivity index (χ4n) is 2.66.